The number of carbonyl (C=O) groups excluding carboxylic acids is 1. The summed E-state index contributed by atoms with van der Waals surface area (Å²) < 4.78 is 3.20. The predicted octanol–water partition coefficient (Wildman–Crippen LogP) is 5.41. The number of hydrogen-bond donors (Lipinski definition) is 0. The van der Waals surface area contributed by atoms with Crippen molar-refractivity contribution in [1.29, 1.82) is 0 Å². The normalized spacial score (nSPS) is 13.9. The lowest BCUT2D eigenvalue weighted by molar-refractivity contribution is 0.0777. The van der Waals surface area contributed by atoms with Crippen molar-refractivity contribution in [3.63, 3.8) is 0 Å². The smallest absolute Gasteiger partial charge is 0.272 e. The van der Waals surface area contributed by atoms with Gasteiger partial charge in [0, 0.05) is 60.9 Å². The highest BCUT2D eigenvalue weighted by molar-refractivity contribution is 14.1. The van der Waals surface area contributed by atoms with Gasteiger partial charge in [-0.15, -0.1) is 0 Å². The zero-order chi connectivity index (χ0) is 25.2. The number of halogens is 1. The molecule has 0 N–H and O–H groups in total. The largest absolute Gasteiger partial charge is 0.368 e. The fourth-order valence-electron chi connectivity index (χ4n) is 4.94. The lowest BCUT2D eigenvalue weighted by Gasteiger charge is -2.37. The van der Waals surface area contributed by atoms with Gasteiger partial charge in [0.05, 0.1) is 5.69 Å². The fourth-order valence-corrected chi connectivity index (χ4v) is 5.30. The van der Waals surface area contributed by atoms with Gasteiger partial charge in [-0.1, -0.05) is 25.1 Å². The molecule has 0 saturated carbocycles. The van der Waals surface area contributed by atoms with Crippen LogP contribution in [0.1, 0.15) is 34.2 Å². The quantitative estimate of drug-likeness (QED) is 0.281. The number of benzene rings is 2. The van der Waals surface area contributed by atoms with Gasteiger partial charge in [-0.3, -0.25) is 9.20 Å². The topological polar surface area (TPSA) is 44.1 Å². The number of aromatic nitrogens is 2. The number of rotatable bonds is 6. The van der Waals surface area contributed by atoms with Gasteiger partial charge in [-0.25, -0.2) is 4.98 Å². The molecular weight excluding hydrogens is 561 g/mol. The molecule has 0 unspecified atom stereocenters. The van der Waals surface area contributed by atoms with Crippen LogP contribution in [0.25, 0.3) is 5.65 Å². The van der Waals surface area contributed by atoms with Crippen molar-refractivity contribution < 1.29 is 4.79 Å². The van der Waals surface area contributed by atoms with E-state index in [4.69, 9.17) is 4.98 Å². The van der Waals surface area contributed by atoms with Crippen molar-refractivity contribution in [1.82, 2.24) is 14.3 Å². The van der Waals surface area contributed by atoms with Crippen LogP contribution in [0.5, 0.6) is 0 Å². The monoisotopic (exact) mass is 593 g/mol. The van der Waals surface area contributed by atoms with Gasteiger partial charge in [0.2, 0.25) is 0 Å². The summed E-state index contributed by atoms with van der Waals surface area (Å²) in [7, 11) is 1.87. The summed E-state index contributed by atoms with van der Waals surface area (Å²) in [5, 5.41) is 0. The lowest BCUT2D eigenvalue weighted by Crippen LogP contribution is -2.46. The number of carbonyl (C=O) groups is 1. The summed E-state index contributed by atoms with van der Waals surface area (Å²) in [6, 6.07) is 21.4. The molecule has 186 valence electrons. The summed E-state index contributed by atoms with van der Waals surface area (Å²) in [4.78, 5) is 24.9. The summed E-state index contributed by atoms with van der Waals surface area (Å²) in [6.07, 6.45) is 2.66. The highest BCUT2D eigenvalue weighted by atomic mass is 127. The Labute approximate surface area is 226 Å². The van der Waals surface area contributed by atoms with E-state index in [2.05, 4.69) is 80.9 Å². The Morgan fingerprint density at radius 2 is 1.53 bits per heavy atom. The Morgan fingerprint density at radius 1 is 0.944 bits per heavy atom. The molecule has 7 heteroatoms. The molecule has 2 aromatic carbocycles. The number of pyridine rings is 1. The molecule has 1 saturated heterocycles. The van der Waals surface area contributed by atoms with Crippen molar-refractivity contribution in [2.45, 2.75) is 26.8 Å². The highest BCUT2D eigenvalue weighted by Gasteiger charge is 2.22. The second-order valence-corrected chi connectivity index (χ2v) is 10.7. The van der Waals surface area contributed by atoms with Crippen molar-refractivity contribution in [3.05, 3.63) is 92.9 Å². The molecule has 1 aliphatic rings. The SMILES string of the molecule is CCc1nc2c(C)cccn2c1C(=O)N(C)Cc1ccc(N2CCN(c3ccc(I)cc3)CC2)cc1. The third kappa shape index (κ3) is 4.93. The molecule has 0 bridgehead atoms. The minimum absolute atomic E-state index is 0.000693. The third-order valence-electron chi connectivity index (χ3n) is 6.99. The number of anilines is 2. The number of amides is 1. The number of imidazole rings is 1. The van der Waals surface area contributed by atoms with Crippen LogP contribution < -0.4 is 9.80 Å². The van der Waals surface area contributed by atoms with E-state index in [9.17, 15) is 4.79 Å². The first kappa shape index (κ1) is 24.6. The second-order valence-electron chi connectivity index (χ2n) is 9.42. The van der Waals surface area contributed by atoms with Crippen molar-refractivity contribution in [3.8, 4) is 0 Å². The Morgan fingerprint density at radius 3 is 2.11 bits per heavy atom. The average Bonchev–Trinajstić information content (AvgIpc) is 3.29. The van der Waals surface area contributed by atoms with E-state index in [0.29, 0.717) is 12.2 Å². The van der Waals surface area contributed by atoms with Gasteiger partial charge < -0.3 is 14.7 Å². The number of piperazine rings is 1. The maximum Gasteiger partial charge on any atom is 0.272 e. The van der Waals surface area contributed by atoms with Crippen LogP contribution in [0.15, 0.2) is 66.9 Å². The van der Waals surface area contributed by atoms with Crippen LogP contribution in [0.3, 0.4) is 0 Å². The molecule has 2 aromatic heterocycles. The van der Waals surface area contributed by atoms with Crippen LogP contribution in [0, 0.1) is 10.5 Å². The number of hydrogen-bond acceptors (Lipinski definition) is 4. The fraction of sp³-hybridized carbons (Fsp3) is 0.310. The third-order valence-corrected chi connectivity index (χ3v) is 7.71. The Hall–Kier alpha value is -3.07. The van der Waals surface area contributed by atoms with E-state index in [1.807, 2.05) is 43.6 Å². The second kappa shape index (κ2) is 10.5. The maximum atomic E-state index is 13.4. The van der Waals surface area contributed by atoms with E-state index < -0.39 is 0 Å². The Balaban J connectivity index is 1.23. The molecule has 3 heterocycles. The van der Waals surface area contributed by atoms with Crippen molar-refractivity contribution in [2.75, 3.05) is 43.0 Å². The molecule has 1 fully saturated rings. The summed E-state index contributed by atoms with van der Waals surface area (Å²) >= 11 is 2.35. The molecule has 1 aliphatic heterocycles. The van der Waals surface area contributed by atoms with Gasteiger partial charge >= 0.3 is 0 Å². The van der Waals surface area contributed by atoms with Crippen LogP contribution in [-0.2, 0) is 13.0 Å². The number of nitrogens with zero attached hydrogens (tertiary/aromatic N) is 5. The van der Waals surface area contributed by atoms with E-state index in [0.717, 1.165) is 55.1 Å². The first-order chi connectivity index (χ1) is 17.4. The van der Waals surface area contributed by atoms with Gasteiger partial charge in [-0.05, 0) is 89.5 Å². The first-order valence-electron chi connectivity index (χ1n) is 12.5. The predicted molar refractivity (Wildman–Crippen MR) is 155 cm³/mol. The standard InChI is InChI=1S/C29H32IN5O/c1-4-26-27(35-15-5-6-21(2)28(35)31-26)29(36)32(3)20-22-7-11-24(12-8-22)33-16-18-34(19-17-33)25-13-9-23(30)10-14-25/h5-15H,4,16-20H2,1-3H3. The van der Waals surface area contributed by atoms with E-state index >= 15 is 0 Å². The molecule has 0 spiro atoms. The van der Waals surface area contributed by atoms with Crippen LogP contribution in [0.4, 0.5) is 11.4 Å². The van der Waals surface area contributed by atoms with Gasteiger partial charge in [-0.2, -0.15) is 0 Å². The average molecular weight is 594 g/mol. The Bertz CT molecular complexity index is 1360. The van der Waals surface area contributed by atoms with Crippen molar-refractivity contribution in [2.24, 2.45) is 0 Å². The van der Waals surface area contributed by atoms with Crippen molar-refractivity contribution >= 4 is 45.5 Å². The molecule has 1 amide bonds. The van der Waals surface area contributed by atoms with Gasteiger partial charge in [0.15, 0.2) is 0 Å². The zero-order valence-corrected chi connectivity index (χ0v) is 23.3. The Kier molecular flexibility index (Phi) is 7.18. The molecule has 5 rings (SSSR count). The molecule has 6 nitrogen and oxygen atoms in total. The molecule has 0 radical (unpaired) electrons. The number of fused-ring (bicyclic) bond motifs is 1. The molecule has 0 atom stereocenters. The van der Waals surface area contributed by atoms with Crippen LogP contribution in [0.2, 0.25) is 0 Å². The molecule has 36 heavy (non-hydrogen) atoms. The molecule has 0 aliphatic carbocycles. The zero-order valence-electron chi connectivity index (χ0n) is 21.1. The summed E-state index contributed by atoms with van der Waals surface area (Å²) in [6.45, 7) is 8.66. The van der Waals surface area contributed by atoms with E-state index in [1.165, 1.54) is 14.9 Å². The number of aryl methyl sites for hydroxylation is 2. The van der Waals surface area contributed by atoms with E-state index in [-0.39, 0.29) is 5.91 Å². The summed E-state index contributed by atoms with van der Waals surface area (Å²) in [5.74, 6) is 0.000693. The lowest BCUT2D eigenvalue weighted by atomic mass is 10.1. The molecular formula is C29H32IN5O. The minimum atomic E-state index is 0.000693. The van der Waals surface area contributed by atoms with Crippen LogP contribution >= 0.6 is 22.6 Å². The van der Waals surface area contributed by atoms with Gasteiger partial charge in [0.25, 0.3) is 5.91 Å². The van der Waals surface area contributed by atoms with E-state index in [1.54, 1.807) is 4.90 Å². The summed E-state index contributed by atoms with van der Waals surface area (Å²) in [5.41, 5.74) is 7.10. The van der Waals surface area contributed by atoms with Gasteiger partial charge in [0.1, 0.15) is 11.3 Å². The highest BCUT2D eigenvalue weighted by Crippen LogP contribution is 2.23. The minimum Gasteiger partial charge on any atom is -0.368 e. The first-order valence-corrected chi connectivity index (χ1v) is 13.6. The van der Waals surface area contributed by atoms with Crippen LogP contribution in [-0.4, -0.2) is 53.4 Å². The molecule has 4 aromatic rings. The maximum absolute atomic E-state index is 13.4.